The summed E-state index contributed by atoms with van der Waals surface area (Å²) in [5.41, 5.74) is 6.37. The summed E-state index contributed by atoms with van der Waals surface area (Å²) < 4.78 is 30.7. The van der Waals surface area contributed by atoms with Crippen molar-refractivity contribution in [2.24, 2.45) is 5.73 Å². The standard InChI is InChI=1S/C12H15F2NO/c1-16-10-8(11(13)14)3-2-4-9(10)12(7-15)5-6-12/h2-4,11H,5-7,15H2,1H3. The van der Waals surface area contributed by atoms with Crippen LogP contribution in [0.15, 0.2) is 18.2 Å². The molecule has 1 fully saturated rings. The number of hydrogen-bond acceptors (Lipinski definition) is 2. The summed E-state index contributed by atoms with van der Waals surface area (Å²) in [5, 5.41) is 0. The Labute approximate surface area is 93.4 Å². The zero-order valence-electron chi connectivity index (χ0n) is 9.17. The first kappa shape index (κ1) is 11.3. The Bertz CT molecular complexity index is 389. The maximum Gasteiger partial charge on any atom is 0.267 e. The van der Waals surface area contributed by atoms with Crippen LogP contribution in [0.5, 0.6) is 5.75 Å². The molecule has 1 aromatic carbocycles. The highest BCUT2D eigenvalue weighted by atomic mass is 19.3. The monoisotopic (exact) mass is 227 g/mol. The molecular weight excluding hydrogens is 212 g/mol. The van der Waals surface area contributed by atoms with Crippen LogP contribution in [-0.2, 0) is 5.41 Å². The second kappa shape index (κ2) is 4.01. The summed E-state index contributed by atoms with van der Waals surface area (Å²) in [6, 6.07) is 4.89. The van der Waals surface area contributed by atoms with E-state index in [0.29, 0.717) is 12.3 Å². The van der Waals surface area contributed by atoms with E-state index in [1.165, 1.54) is 13.2 Å². The Morgan fingerprint density at radius 2 is 2.12 bits per heavy atom. The largest absolute Gasteiger partial charge is 0.496 e. The second-order valence-corrected chi connectivity index (χ2v) is 4.21. The van der Waals surface area contributed by atoms with Gasteiger partial charge in [0.05, 0.1) is 12.7 Å². The molecule has 1 aliphatic carbocycles. The lowest BCUT2D eigenvalue weighted by Gasteiger charge is -2.19. The molecule has 4 heteroatoms. The quantitative estimate of drug-likeness (QED) is 0.858. The van der Waals surface area contributed by atoms with Gasteiger partial charge in [0, 0.05) is 17.5 Å². The molecule has 0 atom stereocenters. The van der Waals surface area contributed by atoms with Crippen molar-refractivity contribution in [1.82, 2.24) is 0 Å². The lowest BCUT2D eigenvalue weighted by Crippen LogP contribution is -2.20. The van der Waals surface area contributed by atoms with Crippen LogP contribution in [0, 0.1) is 0 Å². The highest BCUT2D eigenvalue weighted by molar-refractivity contribution is 5.49. The second-order valence-electron chi connectivity index (χ2n) is 4.21. The zero-order valence-corrected chi connectivity index (χ0v) is 9.17. The molecule has 2 nitrogen and oxygen atoms in total. The summed E-state index contributed by atoms with van der Waals surface area (Å²) >= 11 is 0. The Balaban J connectivity index is 2.49. The van der Waals surface area contributed by atoms with Gasteiger partial charge in [0.1, 0.15) is 5.75 Å². The molecule has 88 valence electrons. The highest BCUT2D eigenvalue weighted by Crippen LogP contribution is 2.51. The van der Waals surface area contributed by atoms with Gasteiger partial charge in [-0.2, -0.15) is 0 Å². The number of halogens is 2. The summed E-state index contributed by atoms with van der Waals surface area (Å²) in [5.74, 6) is 0.306. The molecule has 1 saturated carbocycles. The van der Waals surface area contributed by atoms with E-state index in [2.05, 4.69) is 0 Å². The summed E-state index contributed by atoms with van der Waals surface area (Å²) in [4.78, 5) is 0. The molecule has 0 radical (unpaired) electrons. The van der Waals surface area contributed by atoms with E-state index in [9.17, 15) is 8.78 Å². The first-order valence-electron chi connectivity index (χ1n) is 5.30. The minimum atomic E-state index is -2.51. The fourth-order valence-electron chi connectivity index (χ4n) is 2.11. The molecule has 0 bridgehead atoms. The van der Waals surface area contributed by atoms with Crippen molar-refractivity contribution in [3.05, 3.63) is 29.3 Å². The van der Waals surface area contributed by atoms with Gasteiger partial charge in [-0.05, 0) is 18.9 Å². The number of rotatable bonds is 4. The lowest BCUT2D eigenvalue weighted by atomic mass is 9.93. The van der Waals surface area contributed by atoms with Crippen LogP contribution >= 0.6 is 0 Å². The third-order valence-electron chi connectivity index (χ3n) is 3.30. The smallest absolute Gasteiger partial charge is 0.267 e. The number of para-hydroxylation sites is 1. The van der Waals surface area contributed by atoms with Gasteiger partial charge < -0.3 is 10.5 Å². The number of alkyl halides is 2. The van der Waals surface area contributed by atoms with Gasteiger partial charge in [0.15, 0.2) is 0 Å². The van der Waals surface area contributed by atoms with Gasteiger partial charge in [-0.1, -0.05) is 12.1 Å². The molecular formula is C12H15F2NO. The normalized spacial score (nSPS) is 17.6. The Hall–Kier alpha value is -1.16. The van der Waals surface area contributed by atoms with E-state index in [1.54, 1.807) is 6.07 Å². The maximum absolute atomic E-state index is 12.8. The molecule has 0 aromatic heterocycles. The highest BCUT2D eigenvalue weighted by Gasteiger charge is 2.45. The van der Waals surface area contributed by atoms with Crippen LogP contribution in [0.1, 0.15) is 30.4 Å². The number of methoxy groups -OCH3 is 1. The molecule has 0 amide bonds. The minimum Gasteiger partial charge on any atom is -0.496 e. The van der Waals surface area contributed by atoms with E-state index in [4.69, 9.17) is 10.5 Å². The van der Waals surface area contributed by atoms with Gasteiger partial charge in [-0.3, -0.25) is 0 Å². The van der Waals surface area contributed by atoms with E-state index >= 15 is 0 Å². The summed E-state index contributed by atoms with van der Waals surface area (Å²) in [6.45, 7) is 0.482. The van der Waals surface area contributed by atoms with Crippen molar-refractivity contribution >= 4 is 0 Å². The lowest BCUT2D eigenvalue weighted by molar-refractivity contribution is 0.146. The first-order valence-corrected chi connectivity index (χ1v) is 5.30. The zero-order chi connectivity index (χ0) is 11.8. The third-order valence-corrected chi connectivity index (χ3v) is 3.30. The van der Waals surface area contributed by atoms with Crippen LogP contribution in [0.2, 0.25) is 0 Å². The van der Waals surface area contributed by atoms with Gasteiger partial charge in [0.2, 0.25) is 0 Å². The third kappa shape index (κ3) is 1.67. The SMILES string of the molecule is COc1c(C(F)F)cccc1C1(CN)CC1. The average molecular weight is 227 g/mol. The number of hydrogen-bond donors (Lipinski definition) is 1. The Kier molecular flexibility index (Phi) is 2.84. The van der Waals surface area contributed by atoms with Crippen molar-refractivity contribution in [1.29, 1.82) is 0 Å². The maximum atomic E-state index is 12.8. The van der Waals surface area contributed by atoms with Crippen LogP contribution in [-0.4, -0.2) is 13.7 Å². The topological polar surface area (TPSA) is 35.2 Å². The van der Waals surface area contributed by atoms with Crippen molar-refractivity contribution in [3.8, 4) is 5.75 Å². The first-order chi connectivity index (χ1) is 7.64. The molecule has 0 unspecified atom stereocenters. The van der Waals surface area contributed by atoms with E-state index in [-0.39, 0.29) is 11.0 Å². The van der Waals surface area contributed by atoms with Gasteiger partial charge in [-0.15, -0.1) is 0 Å². The van der Waals surface area contributed by atoms with E-state index in [0.717, 1.165) is 18.4 Å². The predicted octanol–water partition coefficient (Wildman–Crippen LogP) is 2.62. The summed E-state index contributed by atoms with van der Waals surface area (Å²) in [7, 11) is 1.43. The van der Waals surface area contributed by atoms with Crippen molar-refractivity contribution < 1.29 is 13.5 Å². The minimum absolute atomic E-state index is 0.0419. The molecule has 16 heavy (non-hydrogen) atoms. The molecule has 0 spiro atoms. The molecule has 0 saturated heterocycles. The van der Waals surface area contributed by atoms with Crippen molar-refractivity contribution in [2.45, 2.75) is 24.7 Å². The van der Waals surface area contributed by atoms with Crippen molar-refractivity contribution in [3.63, 3.8) is 0 Å². The number of ether oxygens (including phenoxy) is 1. The van der Waals surface area contributed by atoms with Crippen LogP contribution in [0.4, 0.5) is 8.78 Å². The van der Waals surface area contributed by atoms with E-state index in [1.807, 2.05) is 6.07 Å². The summed E-state index contributed by atoms with van der Waals surface area (Å²) in [6.07, 6.45) is -0.609. The Morgan fingerprint density at radius 1 is 1.44 bits per heavy atom. The molecule has 2 rings (SSSR count). The van der Waals surface area contributed by atoms with Crippen LogP contribution in [0.25, 0.3) is 0 Å². The molecule has 2 N–H and O–H groups in total. The van der Waals surface area contributed by atoms with Crippen molar-refractivity contribution in [2.75, 3.05) is 13.7 Å². The van der Waals surface area contributed by atoms with Gasteiger partial charge in [-0.25, -0.2) is 8.78 Å². The Morgan fingerprint density at radius 3 is 2.56 bits per heavy atom. The van der Waals surface area contributed by atoms with Crippen LogP contribution < -0.4 is 10.5 Å². The number of benzene rings is 1. The average Bonchev–Trinajstić information content (AvgIpc) is 3.08. The van der Waals surface area contributed by atoms with Gasteiger partial charge in [0.25, 0.3) is 6.43 Å². The number of nitrogens with two attached hydrogens (primary N) is 1. The molecule has 1 aliphatic rings. The predicted molar refractivity (Wildman–Crippen MR) is 57.9 cm³/mol. The fourth-order valence-corrected chi connectivity index (χ4v) is 2.11. The van der Waals surface area contributed by atoms with Gasteiger partial charge >= 0.3 is 0 Å². The molecule has 0 heterocycles. The molecule has 1 aromatic rings. The van der Waals surface area contributed by atoms with E-state index < -0.39 is 6.43 Å². The fraction of sp³-hybridized carbons (Fsp3) is 0.500. The molecule has 0 aliphatic heterocycles. The van der Waals surface area contributed by atoms with Crippen LogP contribution in [0.3, 0.4) is 0 Å².